The number of anilines is 1. The molecule has 0 spiro atoms. The summed E-state index contributed by atoms with van der Waals surface area (Å²) in [7, 11) is 3.52. The third-order valence-corrected chi connectivity index (χ3v) is 6.98. The zero-order chi connectivity index (χ0) is 29.4. The van der Waals surface area contributed by atoms with Gasteiger partial charge < -0.3 is 15.5 Å². The van der Waals surface area contributed by atoms with Crippen molar-refractivity contribution in [1.82, 2.24) is 29.4 Å². The first kappa shape index (κ1) is 26.4. The van der Waals surface area contributed by atoms with Crippen LogP contribution in [0.25, 0.3) is 27.9 Å². The van der Waals surface area contributed by atoms with Gasteiger partial charge in [0.05, 0.1) is 29.5 Å². The van der Waals surface area contributed by atoms with E-state index >= 15 is 0 Å². The Morgan fingerprint density at radius 3 is 2.57 bits per heavy atom. The van der Waals surface area contributed by atoms with E-state index in [0.29, 0.717) is 39.2 Å². The normalized spacial score (nSPS) is 11.7. The number of aryl methyl sites for hydroxylation is 2. The molecule has 10 heteroatoms. The SMILES string of the molecule is C[C@H](NC(=O)c1c(N)nn(C)c1-c1ccco1)c1cc2cccc(C#Cc3cnn(C)c3)c2c(=O)n1-c1ccccc1. The average Bonchev–Trinajstić information content (AvgIpc) is 3.72. The number of pyridine rings is 1. The predicted octanol–water partition coefficient (Wildman–Crippen LogP) is 4.19. The van der Waals surface area contributed by atoms with Crippen LogP contribution in [0.2, 0.25) is 0 Å². The van der Waals surface area contributed by atoms with E-state index in [-0.39, 0.29) is 16.9 Å². The van der Waals surface area contributed by atoms with Crippen molar-refractivity contribution in [3.63, 3.8) is 0 Å². The van der Waals surface area contributed by atoms with E-state index in [2.05, 4.69) is 27.4 Å². The summed E-state index contributed by atoms with van der Waals surface area (Å²) in [5.74, 6) is 6.34. The molecule has 0 saturated heterocycles. The molecule has 0 bridgehead atoms. The number of carbonyl (C=O) groups is 1. The van der Waals surface area contributed by atoms with E-state index in [1.54, 1.807) is 34.6 Å². The Balaban J connectivity index is 1.46. The van der Waals surface area contributed by atoms with Crippen LogP contribution >= 0.6 is 0 Å². The minimum atomic E-state index is -0.594. The maximum Gasteiger partial charge on any atom is 0.264 e. The Morgan fingerprint density at radius 2 is 1.86 bits per heavy atom. The van der Waals surface area contributed by atoms with Crippen LogP contribution in [0.1, 0.15) is 40.1 Å². The Labute approximate surface area is 241 Å². The summed E-state index contributed by atoms with van der Waals surface area (Å²) >= 11 is 0. The van der Waals surface area contributed by atoms with Crippen LogP contribution in [0.5, 0.6) is 0 Å². The highest BCUT2D eigenvalue weighted by molar-refractivity contribution is 6.04. The summed E-state index contributed by atoms with van der Waals surface area (Å²) < 4.78 is 10.3. The van der Waals surface area contributed by atoms with Gasteiger partial charge in [0.2, 0.25) is 0 Å². The van der Waals surface area contributed by atoms with Gasteiger partial charge >= 0.3 is 0 Å². The van der Waals surface area contributed by atoms with Crippen molar-refractivity contribution in [3.05, 3.63) is 118 Å². The summed E-state index contributed by atoms with van der Waals surface area (Å²) in [4.78, 5) is 27.9. The summed E-state index contributed by atoms with van der Waals surface area (Å²) in [6.07, 6.45) is 5.01. The molecule has 4 aromatic heterocycles. The molecule has 6 aromatic rings. The largest absolute Gasteiger partial charge is 0.463 e. The molecule has 0 aliphatic carbocycles. The van der Waals surface area contributed by atoms with Crippen LogP contribution in [0.15, 0.2) is 94.6 Å². The molecule has 10 nitrogen and oxygen atoms in total. The highest BCUT2D eigenvalue weighted by Crippen LogP contribution is 2.29. The quantitative estimate of drug-likeness (QED) is 0.306. The van der Waals surface area contributed by atoms with E-state index in [0.717, 1.165) is 5.56 Å². The van der Waals surface area contributed by atoms with Gasteiger partial charge in [-0.2, -0.15) is 10.2 Å². The van der Waals surface area contributed by atoms with Gasteiger partial charge in [0, 0.05) is 37.2 Å². The van der Waals surface area contributed by atoms with E-state index in [1.165, 1.54) is 10.9 Å². The van der Waals surface area contributed by atoms with Gasteiger partial charge in [-0.3, -0.25) is 23.5 Å². The molecule has 0 saturated carbocycles. The minimum absolute atomic E-state index is 0.0735. The first-order valence-corrected chi connectivity index (χ1v) is 13.2. The van der Waals surface area contributed by atoms with Crippen LogP contribution in [-0.2, 0) is 14.1 Å². The van der Waals surface area contributed by atoms with Gasteiger partial charge in [-0.1, -0.05) is 42.2 Å². The smallest absolute Gasteiger partial charge is 0.264 e. The molecule has 0 radical (unpaired) electrons. The number of fused-ring (bicyclic) bond motifs is 1. The van der Waals surface area contributed by atoms with Gasteiger partial charge in [-0.25, -0.2) is 0 Å². The van der Waals surface area contributed by atoms with Crippen molar-refractivity contribution >= 4 is 22.5 Å². The fourth-order valence-corrected chi connectivity index (χ4v) is 5.08. The van der Waals surface area contributed by atoms with Crippen molar-refractivity contribution in [2.45, 2.75) is 13.0 Å². The lowest BCUT2D eigenvalue weighted by Gasteiger charge is -2.21. The standard InChI is InChI=1S/C32H27N7O3/c1-20(35-31(40)28-29(26-13-8-16-42-26)38(3)36-30(28)33)25-17-23-10-7-9-22(15-14-21-18-34-37(2)19-21)27(23)32(41)39(25)24-11-5-4-6-12-24/h4-13,16-20H,1-3H3,(H2,33,36)(H,35,40)/t20-/m0/s1. The van der Waals surface area contributed by atoms with Crippen molar-refractivity contribution in [2.75, 3.05) is 5.73 Å². The number of nitrogens with one attached hydrogen (secondary N) is 1. The third kappa shape index (κ3) is 4.73. The van der Waals surface area contributed by atoms with E-state index < -0.39 is 11.9 Å². The lowest BCUT2D eigenvalue weighted by atomic mass is 10.0. The maximum atomic E-state index is 14.2. The van der Waals surface area contributed by atoms with Crippen LogP contribution in [0.4, 0.5) is 5.82 Å². The molecule has 0 fully saturated rings. The first-order chi connectivity index (χ1) is 20.3. The van der Waals surface area contributed by atoms with Crippen LogP contribution in [0, 0.1) is 11.8 Å². The number of hydrogen-bond donors (Lipinski definition) is 2. The van der Waals surface area contributed by atoms with Crippen LogP contribution in [0.3, 0.4) is 0 Å². The third-order valence-electron chi connectivity index (χ3n) is 6.98. The summed E-state index contributed by atoms with van der Waals surface area (Å²) in [6.45, 7) is 1.82. The molecule has 0 aliphatic heterocycles. The van der Waals surface area contributed by atoms with Crippen LogP contribution < -0.4 is 16.6 Å². The summed E-state index contributed by atoms with van der Waals surface area (Å²) in [6, 6.07) is 19.6. The second-order valence-electron chi connectivity index (χ2n) is 9.87. The molecule has 2 aromatic carbocycles. The number of nitrogens with zero attached hydrogens (tertiary/aromatic N) is 5. The number of para-hydroxylation sites is 1. The fraction of sp³-hybridized carbons (Fsp3) is 0.125. The first-order valence-electron chi connectivity index (χ1n) is 13.2. The van der Waals surface area contributed by atoms with Gasteiger partial charge in [0.1, 0.15) is 11.3 Å². The van der Waals surface area contributed by atoms with Gasteiger partial charge in [0.25, 0.3) is 11.5 Å². The van der Waals surface area contributed by atoms with Gasteiger partial charge in [-0.15, -0.1) is 0 Å². The lowest BCUT2D eigenvalue weighted by molar-refractivity contribution is 0.0940. The minimum Gasteiger partial charge on any atom is -0.463 e. The highest BCUT2D eigenvalue weighted by atomic mass is 16.3. The van der Waals surface area contributed by atoms with Gasteiger partial charge in [0.15, 0.2) is 11.6 Å². The molecular weight excluding hydrogens is 530 g/mol. The number of amides is 1. The van der Waals surface area contributed by atoms with E-state index in [1.807, 2.05) is 74.8 Å². The molecule has 1 atom stereocenters. The zero-order valence-electron chi connectivity index (χ0n) is 23.2. The van der Waals surface area contributed by atoms with Crippen molar-refractivity contribution in [3.8, 4) is 29.0 Å². The Hall–Kier alpha value is -5.82. The number of nitrogens with two attached hydrogens (primary N) is 1. The number of rotatable bonds is 5. The Kier molecular flexibility index (Phi) is 6.68. The predicted molar refractivity (Wildman–Crippen MR) is 160 cm³/mol. The molecule has 0 aliphatic rings. The summed E-state index contributed by atoms with van der Waals surface area (Å²) in [5, 5.41) is 12.6. The number of hydrogen-bond acceptors (Lipinski definition) is 6. The highest BCUT2D eigenvalue weighted by Gasteiger charge is 2.26. The van der Waals surface area contributed by atoms with E-state index in [4.69, 9.17) is 10.2 Å². The maximum absolute atomic E-state index is 14.2. The van der Waals surface area contributed by atoms with Crippen molar-refractivity contribution < 1.29 is 9.21 Å². The van der Waals surface area contributed by atoms with E-state index in [9.17, 15) is 9.59 Å². The second kappa shape index (κ2) is 10.6. The topological polar surface area (TPSA) is 126 Å². The number of aromatic nitrogens is 5. The van der Waals surface area contributed by atoms with Crippen LogP contribution in [-0.4, -0.2) is 30.0 Å². The lowest BCUT2D eigenvalue weighted by Crippen LogP contribution is -2.32. The number of furan rings is 1. The molecule has 208 valence electrons. The molecular formula is C32H27N7O3. The zero-order valence-corrected chi connectivity index (χ0v) is 23.2. The number of benzene rings is 2. The number of nitrogen functional groups attached to an aromatic ring is 1. The monoisotopic (exact) mass is 557 g/mol. The van der Waals surface area contributed by atoms with Crippen molar-refractivity contribution in [2.24, 2.45) is 14.1 Å². The van der Waals surface area contributed by atoms with Crippen molar-refractivity contribution in [1.29, 1.82) is 0 Å². The molecule has 42 heavy (non-hydrogen) atoms. The second-order valence-corrected chi connectivity index (χ2v) is 9.87. The molecule has 4 heterocycles. The molecule has 3 N–H and O–H groups in total. The fourth-order valence-electron chi connectivity index (χ4n) is 5.08. The summed E-state index contributed by atoms with van der Waals surface area (Å²) in [5.41, 5.74) is 9.16. The number of carbonyl (C=O) groups excluding carboxylic acids is 1. The molecule has 6 rings (SSSR count). The van der Waals surface area contributed by atoms with Gasteiger partial charge in [-0.05, 0) is 48.7 Å². The Bertz CT molecular complexity index is 2060. The average molecular weight is 558 g/mol. The molecule has 0 unspecified atom stereocenters. The molecule has 1 amide bonds. The Morgan fingerprint density at radius 1 is 1.05 bits per heavy atom.